The van der Waals surface area contributed by atoms with Gasteiger partial charge in [0.05, 0.1) is 11.4 Å². The first kappa shape index (κ1) is 18.9. The Morgan fingerprint density at radius 1 is 1.07 bits per heavy atom. The molecule has 5 nitrogen and oxygen atoms in total. The van der Waals surface area contributed by atoms with E-state index in [0.717, 1.165) is 31.7 Å². The molecule has 0 unspecified atom stereocenters. The van der Waals surface area contributed by atoms with Crippen molar-refractivity contribution in [3.05, 3.63) is 52.0 Å². The maximum Gasteiger partial charge on any atom is 0.227 e. The summed E-state index contributed by atoms with van der Waals surface area (Å²) in [6.07, 6.45) is 0.319. The highest BCUT2D eigenvalue weighted by Gasteiger charge is 2.24. The zero-order valence-electron chi connectivity index (χ0n) is 16.3. The zero-order valence-corrected chi connectivity index (χ0v) is 17.1. The fourth-order valence-corrected chi connectivity index (χ4v) is 4.12. The first-order valence-corrected chi connectivity index (χ1v) is 10.1. The molecule has 2 aromatic rings. The Morgan fingerprint density at radius 3 is 2.61 bits per heavy atom. The quantitative estimate of drug-likeness (QED) is 0.789. The number of benzene rings is 2. The maximum atomic E-state index is 12.8. The highest BCUT2D eigenvalue weighted by molar-refractivity contribution is 6.32. The van der Waals surface area contributed by atoms with Crippen LogP contribution in [0.3, 0.4) is 0 Å². The molecule has 0 N–H and O–H groups in total. The summed E-state index contributed by atoms with van der Waals surface area (Å²) in [5.41, 5.74) is 4.74. The molecule has 0 radical (unpaired) electrons. The minimum absolute atomic E-state index is 0.119. The standard InChI is InChI=1S/C22H25ClN2O3/c1-15-4-3-5-19(16(15)2)24-6-8-25(9-7-24)21(26)14-17-12-18(23)22-20(13-17)27-10-11-28-22/h3-5,12-13H,6-11,14H2,1-2H3. The molecule has 4 rings (SSSR count). The molecule has 1 fully saturated rings. The van der Waals surface area contributed by atoms with Crippen LogP contribution in [0, 0.1) is 13.8 Å². The van der Waals surface area contributed by atoms with Crippen LogP contribution < -0.4 is 14.4 Å². The molecule has 148 valence electrons. The predicted octanol–water partition coefficient (Wildman–Crippen LogP) is 3.62. The van der Waals surface area contributed by atoms with Gasteiger partial charge in [-0.2, -0.15) is 0 Å². The number of piperazine rings is 1. The van der Waals surface area contributed by atoms with Gasteiger partial charge in [-0.1, -0.05) is 23.7 Å². The number of halogens is 1. The van der Waals surface area contributed by atoms with E-state index in [1.807, 2.05) is 11.0 Å². The van der Waals surface area contributed by atoms with Crippen molar-refractivity contribution in [2.75, 3.05) is 44.3 Å². The normalized spacial score (nSPS) is 16.2. The lowest BCUT2D eigenvalue weighted by Crippen LogP contribution is -2.49. The Balaban J connectivity index is 1.39. The summed E-state index contributed by atoms with van der Waals surface area (Å²) < 4.78 is 11.2. The molecule has 1 saturated heterocycles. The van der Waals surface area contributed by atoms with Gasteiger partial charge in [0, 0.05) is 31.9 Å². The lowest BCUT2D eigenvalue weighted by molar-refractivity contribution is -0.130. The van der Waals surface area contributed by atoms with Crippen LogP contribution in [-0.2, 0) is 11.2 Å². The van der Waals surface area contributed by atoms with E-state index in [-0.39, 0.29) is 5.91 Å². The van der Waals surface area contributed by atoms with Crippen LogP contribution in [0.25, 0.3) is 0 Å². The number of carbonyl (C=O) groups excluding carboxylic acids is 1. The van der Waals surface area contributed by atoms with E-state index in [1.165, 1.54) is 16.8 Å². The molecule has 0 bridgehead atoms. The average Bonchev–Trinajstić information content (AvgIpc) is 2.70. The molecule has 0 spiro atoms. The minimum atomic E-state index is 0.119. The third-order valence-corrected chi connectivity index (χ3v) is 5.84. The van der Waals surface area contributed by atoms with E-state index in [2.05, 4.69) is 36.9 Å². The Labute approximate surface area is 170 Å². The van der Waals surface area contributed by atoms with Gasteiger partial charge in [0.2, 0.25) is 5.91 Å². The van der Waals surface area contributed by atoms with Crippen molar-refractivity contribution in [2.45, 2.75) is 20.3 Å². The lowest BCUT2D eigenvalue weighted by atomic mass is 10.1. The van der Waals surface area contributed by atoms with Crippen LogP contribution in [0.1, 0.15) is 16.7 Å². The zero-order chi connectivity index (χ0) is 19.7. The van der Waals surface area contributed by atoms with E-state index < -0.39 is 0 Å². The topological polar surface area (TPSA) is 42.0 Å². The van der Waals surface area contributed by atoms with E-state index >= 15 is 0 Å². The number of hydrogen-bond acceptors (Lipinski definition) is 4. The number of aryl methyl sites for hydroxylation is 1. The lowest BCUT2D eigenvalue weighted by Gasteiger charge is -2.37. The van der Waals surface area contributed by atoms with Crippen molar-refractivity contribution in [1.82, 2.24) is 4.90 Å². The van der Waals surface area contributed by atoms with Crippen molar-refractivity contribution < 1.29 is 14.3 Å². The predicted molar refractivity (Wildman–Crippen MR) is 111 cm³/mol. The molecule has 0 saturated carbocycles. The summed E-state index contributed by atoms with van der Waals surface area (Å²) in [6.45, 7) is 8.44. The Hall–Kier alpha value is -2.40. The van der Waals surface area contributed by atoms with Crippen molar-refractivity contribution in [2.24, 2.45) is 0 Å². The fourth-order valence-electron chi connectivity index (χ4n) is 3.83. The number of ether oxygens (including phenoxy) is 2. The van der Waals surface area contributed by atoms with Crippen LogP contribution in [0.15, 0.2) is 30.3 Å². The number of nitrogens with zero attached hydrogens (tertiary/aromatic N) is 2. The van der Waals surface area contributed by atoms with Gasteiger partial charge in [0.15, 0.2) is 11.5 Å². The number of hydrogen-bond donors (Lipinski definition) is 0. The van der Waals surface area contributed by atoms with Gasteiger partial charge >= 0.3 is 0 Å². The first-order chi connectivity index (χ1) is 13.5. The minimum Gasteiger partial charge on any atom is -0.486 e. The molecule has 2 aromatic carbocycles. The summed E-state index contributed by atoms with van der Waals surface area (Å²) in [4.78, 5) is 17.1. The van der Waals surface area contributed by atoms with Crippen LogP contribution in [-0.4, -0.2) is 50.2 Å². The monoisotopic (exact) mass is 400 g/mol. The molecule has 2 heterocycles. The van der Waals surface area contributed by atoms with E-state index in [1.54, 1.807) is 6.07 Å². The number of carbonyl (C=O) groups is 1. The number of fused-ring (bicyclic) bond motifs is 1. The van der Waals surface area contributed by atoms with E-state index in [0.29, 0.717) is 36.2 Å². The number of rotatable bonds is 3. The third kappa shape index (κ3) is 3.76. The van der Waals surface area contributed by atoms with Gasteiger partial charge in [-0.15, -0.1) is 0 Å². The second-order valence-corrected chi connectivity index (χ2v) is 7.77. The summed E-state index contributed by atoms with van der Waals surface area (Å²) in [7, 11) is 0. The molecule has 0 atom stereocenters. The Morgan fingerprint density at radius 2 is 1.82 bits per heavy atom. The molecule has 28 heavy (non-hydrogen) atoms. The van der Waals surface area contributed by atoms with Gasteiger partial charge in [-0.25, -0.2) is 0 Å². The summed E-state index contributed by atoms with van der Waals surface area (Å²) >= 11 is 6.29. The van der Waals surface area contributed by atoms with Crippen LogP contribution in [0.2, 0.25) is 5.02 Å². The molecule has 0 aromatic heterocycles. The van der Waals surface area contributed by atoms with Gasteiger partial charge in [-0.3, -0.25) is 4.79 Å². The maximum absolute atomic E-state index is 12.8. The Kier molecular flexibility index (Phi) is 5.36. The van der Waals surface area contributed by atoms with Gasteiger partial charge < -0.3 is 19.3 Å². The molecular weight excluding hydrogens is 376 g/mol. The largest absolute Gasteiger partial charge is 0.486 e. The van der Waals surface area contributed by atoms with Crippen LogP contribution >= 0.6 is 11.6 Å². The van der Waals surface area contributed by atoms with Crippen molar-refractivity contribution in [3.8, 4) is 11.5 Å². The number of amides is 1. The van der Waals surface area contributed by atoms with Crippen molar-refractivity contribution in [3.63, 3.8) is 0 Å². The van der Waals surface area contributed by atoms with Gasteiger partial charge in [0.1, 0.15) is 13.2 Å². The van der Waals surface area contributed by atoms with Crippen LogP contribution in [0.4, 0.5) is 5.69 Å². The fraction of sp³-hybridized carbons (Fsp3) is 0.409. The molecule has 6 heteroatoms. The molecule has 0 aliphatic carbocycles. The highest BCUT2D eigenvalue weighted by Crippen LogP contribution is 2.38. The number of anilines is 1. The molecule has 2 aliphatic rings. The summed E-state index contributed by atoms with van der Waals surface area (Å²) in [5.74, 6) is 1.32. The highest BCUT2D eigenvalue weighted by atomic mass is 35.5. The second kappa shape index (κ2) is 7.92. The molecule has 2 aliphatic heterocycles. The van der Waals surface area contributed by atoms with Gasteiger partial charge in [0.25, 0.3) is 0 Å². The second-order valence-electron chi connectivity index (χ2n) is 7.37. The summed E-state index contributed by atoms with van der Waals surface area (Å²) in [5, 5.41) is 0.500. The molecular formula is C22H25ClN2O3. The van der Waals surface area contributed by atoms with Gasteiger partial charge in [-0.05, 0) is 48.7 Å². The third-order valence-electron chi connectivity index (χ3n) is 5.56. The SMILES string of the molecule is Cc1cccc(N2CCN(C(=O)Cc3cc(Cl)c4c(c3)OCCO4)CC2)c1C. The first-order valence-electron chi connectivity index (χ1n) is 9.70. The molecule has 1 amide bonds. The summed E-state index contributed by atoms with van der Waals surface area (Å²) in [6, 6.07) is 10.1. The smallest absolute Gasteiger partial charge is 0.227 e. The Bertz CT molecular complexity index is 892. The van der Waals surface area contributed by atoms with Crippen LogP contribution in [0.5, 0.6) is 11.5 Å². The van der Waals surface area contributed by atoms with E-state index in [4.69, 9.17) is 21.1 Å². The average molecular weight is 401 g/mol. The van der Waals surface area contributed by atoms with Crippen molar-refractivity contribution >= 4 is 23.2 Å². The van der Waals surface area contributed by atoms with E-state index in [9.17, 15) is 4.79 Å². The van der Waals surface area contributed by atoms with Crippen molar-refractivity contribution in [1.29, 1.82) is 0 Å².